The molecule has 4 nitrogen and oxygen atoms in total. The lowest BCUT2D eigenvalue weighted by atomic mass is 10.0. The summed E-state index contributed by atoms with van der Waals surface area (Å²) < 4.78 is 0. The van der Waals surface area contributed by atoms with Crippen LogP contribution in [-0.2, 0) is 9.59 Å². The van der Waals surface area contributed by atoms with E-state index in [1.54, 1.807) is 16.7 Å². The van der Waals surface area contributed by atoms with Crippen LogP contribution in [0.1, 0.15) is 24.9 Å². The lowest BCUT2D eigenvalue weighted by Gasteiger charge is -2.20. The Morgan fingerprint density at radius 2 is 2.14 bits per heavy atom. The molecule has 1 aliphatic rings. The fourth-order valence-corrected chi connectivity index (χ4v) is 3.23. The summed E-state index contributed by atoms with van der Waals surface area (Å²) >= 11 is 1.70. The fraction of sp³-hybridized carbons (Fsp3) is 0.500. The highest BCUT2D eigenvalue weighted by Gasteiger charge is 2.34. The summed E-state index contributed by atoms with van der Waals surface area (Å²) in [5.41, 5.74) is 1.11. The van der Waals surface area contributed by atoms with E-state index in [0.29, 0.717) is 19.5 Å². The number of nitrogens with one attached hydrogen (secondary N) is 1. The van der Waals surface area contributed by atoms with E-state index in [-0.39, 0.29) is 23.8 Å². The Morgan fingerprint density at radius 1 is 1.43 bits per heavy atom. The van der Waals surface area contributed by atoms with Crippen LogP contribution in [0.15, 0.2) is 30.3 Å². The molecule has 1 saturated heterocycles. The first-order valence-corrected chi connectivity index (χ1v) is 8.67. The predicted octanol–water partition coefficient (Wildman–Crippen LogP) is 2.08. The second kappa shape index (κ2) is 7.50. The zero-order valence-electron chi connectivity index (χ0n) is 12.5. The van der Waals surface area contributed by atoms with E-state index >= 15 is 0 Å². The Labute approximate surface area is 130 Å². The lowest BCUT2D eigenvalue weighted by molar-refractivity contribution is -0.129. The van der Waals surface area contributed by atoms with Gasteiger partial charge in [0, 0.05) is 25.3 Å². The van der Waals surface area contributed by atoms with E-state index in [0.717, 1.165) is 11.3 Å². The molecule has 5 heteroatoms. The minimum Gasteiger partial charge on any atom is -0.348 e. The number of carbonyl (C=O) groups is 2. The lowest BCUT2D eigenvalue weighted by Crippen LogP contribution is -2.36. The molecule has 0 unspecified atom stereocenters. The van der Waals surface area contributed by atoms with Crippen LogP contribution in [0.5, 0.6) is 0 Å². The van der Waals surface area contributed by atoms with Crippen LogP contribution in [0.25, 0.3) is 0 Å². The average Bonchev–Trinajstić information content (AvgIpc) is 2.89. The third-order valence-electron chi connectivity index (χ3n) is 3.82. The van der Waals surface area contributed by atoms with Crippen LogP contribution in [0.2, 0.25) is 0 Å². The predicted molar refractivity (Wildman–Crippen MR) is 86.1 cm³/mol. The molecule has 21 heavy (non-hydrogen) atoms. The number of rotatable bonds is 6. The molecule has 1 N–H and O–H groups in total. The Balaban J connectivity index is 2.01. The molecule has 0 aliphatic carbocycles. The molecule has 1 fully saturated rings. The van der Waals surface area contributed by atoms with Gasteiger partial charge in [-0.1, -0.05) is 30.3 Å². The Morgan fingerprint density at radius 3 is 2.71 bits per heavy atom. The normalized spacial score (nSPS) is 19.6. The van der Waals surface area contributed by atoms with Crippen molar-refractivity contribution >= 4 is 23.6 Å². The van der Waals surface area contributed by atoms with E-state index in [2.05, 4.69) is 5.32 Å². The van der Waals surface area contributed by atoms with Crippen molar-refractivity contribution in [3.05, 3.63) is 35.9 Å². The SMILES string of the molecule is CCN1C[C@@H](C(=O)N[C@H](CSC)c2ccccc2)CC1=O. The number of benzene rings is 1. The van der Waals surface area contributed by atoms with Gasteiger partial charge in [-0.25, -0.2) is 0 Å². The van der Waals surface area contributed by atoms with Gasteiger partial charge in [0.05, 0.1) is 12.0 Å². The highest BCUT2D eigenvalue weighted by atomic mass is 32.2. The molecule has 0 aromatic heterocycles. The van der Waals surface area contributed by atoms with Crippen molar-refractivity contribution in [2.24, 2.45) is 5.92 Å². The fourth-order valence-electron chi connectivity index (χ4n) is 2.62. The number of hydrogen-bond acceptors (Lipinski definition) is 3. The van der Waals surface area contributed by atoms with Crippen molar-refractivity contribution in [3.63, 3.8) is 0 Å². The first-order valence-electron chi connectivity index (χ1n) is 7.27. The van der Waals surface area contributed by atoms with Crippen LogP contribution in [0.4, 0.5) is 0 Å². The Hall–Kier alpha value is -1.49. The maximum absolute atomic E-state index is 12.4. The third-order valence-corrected chi connectivity index (χ3v) is 4.49. The number of carbonyl (C=O) groups excluding carboxylic acids is 2. The molecule has 1 heterocycles. The highest BCUT2D eigenvalue weighted by molar-refractivity contribution is 7.98. The second-order valence-electron chi connectivity index (χ2n) is 5.26. The van der Waals surface area contributed by atoms with Crippen LogP contribution < -0.4 is 5.32 Å². The zero-order chi connectivity index (χ0) is 15.2. The topological polar surface area (TPSA) is 49.4 Å². The van der Waals surface area contributed by atoms with Gasteiger partial charge < -0.3 is 10.2 Å². The number of thioether (sulfide) groups is 1. The van der Waals surface area contributed by atoms with Gasteiger partial charge in [0.2, 0.25) is 11.8 Å². The minimum absolute atomic E-state index is 0.000483. The van der Waals surface area contributed by atoms with E-state index in [4.69, 9.17) is 0 Å². The molecule has 0 spiro atoms. The number of amides is 2. The largest absolute Gasteiger partial charge is 0.348 e. The molecule has 2 rings (SSSR count). The van der Waals surface area contributed by atoms with Crippen molar-refractivity contribution in [1.82, 2.24) is 10.2 Å². The van der Waals surface area contributed by atoms with E-state index in [1.807, 2.05) is 43.5 Å². The molecule has 114 valence electrons. The Bertz CT molecular complexity index is 492. The third kappa shape index (κ3) is 4.00. The van der Waals surface area contributed by atoms with E-state index in [9.17, 15) is 9.59 Å². The molecular formula is C16H22N2O2S. The summed E-state index contributed by atoms with van der Waals surface area (Å²) in [7, 11) is 0. The van der Waals surface area contributed by atoms with Crippen LogP contribution in [0, 0.1) is 5.92 Å². The van der Waals surface area contributed by atoms with Crippen LogP contribution in [0.3, 0.4) is 0 Å². The average molecular weight is 306 g/mol. The smallest absolute Gasteiger partial charge is 0.225 e. The van der Waals surface area contributed by atoms with Gasteiger partial charge in [-0.05, 0) is 18.7 Å². The summed E-state index contributed by atoms with van der Waals surface area (Å²) in [6.07, 6.45) is 2.36. The zero-order valence-corrected chi connectivity index (χ0v) is 13.4. The molecule has 0 radical (unpaired) electrons. The number of likely N-dealkylation sites (tertiary alicyclic amines) is 1. The molecule has 0 saturated carbocycles. The van der Waals surface area contributed by atoms with E-state index < -0.39 is 0 Å². The molecule has 2 amide bonds. The summed E-state index contributed by atoms with van der Waals surface area (Å²) in [5, 5.41) is 3.10. The Kier molecular flexibility index (Phi) is 5.67. The monoisotopic (exact) mass is 306 g/mol. The van der Waals surface area contributed by atoms with Crippen molar-refractivity contribution in [1.29, 1.82) is 0 Å². The first kappa shape index (κ1) is 15.9. The van der Waals surface area contributed by atoms with Crippen LogP contribution >= 0.6 is 11.8 Å². The summed E-state index contributed by atoms with van der Waals surface area (Å²) in [6.45, 7) is 3.16. The van der Waals surface area contributed by atoms with Crippen molar-refractivity contribution in [2.45, 2.75) is 19.4 Å². The molecule has 0 bridgehead atoms. The van der Waals surface area contributed by atoms with Gasteiger partial charge in [0.15, 0.2) is 0 Å². The summed E-state index contributed by atoms with van der Waals surface area (Å²) in [4.78, 5) is 25.9. The summed E-state index contributed by atoms with van der Waals surface area (Å²) in [5.74, 6) is 0.681. The quantitative estimate of drug-likeness (QED) is 0.875. The van der Waals surface area contributed by atoms with Gasteiger partial charge >= 0.3 is 0 Å². The van der Waals surface area contributed by atoms with Crippen molar-refractivity contribution in [2.75, 3.05) is 25.1 Å². The molecular weight excluding hydrogens is 284 g/mol. The van der Waals surface area contributed by atoms with E-state index in [1.165, 1.54) is 0 Å². The van der Waals surface area contributed by atoms with Gasteiger partial charge in [-0.2, -0.15) is 11.8 Å². The van der Waals surface area contributed by atoms with Gasteiger partial charge in [-0.15, -0.1) is 0 Å². The minimum atomic E-state index is -0.217. The van der Waals surface area contributed by atoms with Gasteiger partial charge in [0.25, 0.3) is 0 Å². The molecule has 1 aromatic carbocycles. The van der Waals surface area contributed by atoms with Gasteiger partial charge in [0.1, 0.15) is 0 Å². The number of nitrogens with zero attached hydrogens (tertiary/aromatic N) is 1. The van der Waals surface area contributed by atoms with Gasteiger partial charge in [-0.3, -0.25) is 9.59 Å². The summed E-state index contributed by atoms with van der Waals surface area (Å²) in [6, 6.07) is 9.98. The van der Waals surface area contributed by atoms with Crippen molar-refractivity contribution in [3.8, 4) is 0 Å². The molecule has 2 atom stereocenters. The first-order chi connectivity index (χ1) is 10.2. The highest BCUT2D eigenvalue weighted by Crippen LogP contribution is 2.21. The maximum Gasteiger partial charge on any atom is 0.225 e. The molecule has 1 aromatic rings. The number of hydrogen-bond donors (Lipinski definition) is 1. The second-order valence-corrected chi connectivity index (χ2v) is 6.17. The standard InChI is InChI=1S/C16H22N2O2S/c1-3-18-10-13(9-15(18)19)16(20)17-14(11-21-2)12-7-5-4-6-8-12/h4-8,13-14H,3,9-11H2,1-2H3,(H,17,20)/t13-,14+/m0/s1. The molecule has 1 aliphatic heterocycles. The maximum atomic E-state index is 12.4. The van der Waals surface area contributed by atoms with Crippen LogP contribution in [-0.4, -0.2) is 41.8 Å². The van der Waals surface area contributed by atoms with Crippen molar-refractivity contribution < 1.29 is 9.59 Å².